The lowest BCUT2D eigenvalue weighted by atomic mass is 10.0. The molecule has 0 radical (unpaired) electrons. The number of nitrogens with one attached hydrogen (secondary N) is 1. The van der Waals surface area contributed by atoms with Crippen LogP contribution in [-0.4, -0.2) is 23.4 Å². The van der Waals surface area contributed by atoms with Gasteiger partial charge in [0.1, 0.15) is 11.2 Å². The molecular formula is C13H25NO4. The van der Waals surface area contributed by atoms with E-state index >= 15 is 0 Å². The molecule has 0 heterocycles. The van der Waals surface area contributed by atoms with Crippen LogP contribution in [0.2, 0.25) is 0 Å². The number of alkyl carbamates (subject to hydrolysis) is 2. The lowest BCUT2D eigenvalue weighted by molar-refractivity contribution is 0.0101. The molecule has 0 saturated carbocycles. The summed E-state index contributed by atoms with van der Waals surface area (Å²) in [6.07, 6.45) is 0.496. The van der Waals surface area contributed by atoms with Gasteiger partial charge in [-0.1, -0.05) is 20.8 Å². The Bertz CT molecular complexity index is 295. The van der Waals surface area contributed by atoms with Crippen molar-refractivity contribution in [2.45, 2.75) is 72.0 Å². The van der Waals surface area contributed by atoms with E-state index in [-0.39, 0.29) is 0 Å². The van der Waals surface area contributed by atoms with Gasteiger partial charge in [-0.25, -0.2) is 14.9 Å². The Morgan fingerprint density at radius 3 is 1.72 bits per heavy atom. The SMILES string of the molecule is CCC(C)(C)OC(=O)NC(=O)OC(C)(CC)CC. The summed E-state index contributed by atoms with van der Waals surface area (Å²) in [7, 11) is 0. The van der Waals surface area contributed by atoms with E-state index in [1.165, 1.54) is 0 Å². The number of hydrogen-bond donors (Lipinski definition) is 1. The van der Waals surface area contributed by atoms with E-state index in [1.54, 1.807) is 13.8 Å². The number of amides is 2. The van der Waals surface area contributed by atoms with Crippen LogP contribution in [-0.2, 0) is 9.47 Å². The van der Waals surface area contributed by atoms with Gasteiger partial charge in [0.25, 0.3) is 0 Å². The molecule has 2 amide bonds. The maximum Gasteiger partial charge on any atom is 0.417 e. The average Bonchev–Trinajstić information content (AvgIpc) is 2.27. The summed E-state index contributed by atoms with van der Waals surface area (Å²) in [6.45, 7) is 11.1. The topological polar surface area (TPSA) is 64.6 Å². The summed E-state index contributed by atoms with van der Waals surface area (Å²) in [5, 5.41) is 2.07. The lowest BCUT2D eigenvalue weighted by Crippen LogP contribution is -2.41. The van der Waals surface area contributed by atoms with Crippen molar-refractivity contribution in [2.24, 2.45) is 0 Å². The molecule has 18 heavy (non-hydrogen) atoms. The number of carbonyl (C=O) groups excluding carboxylic acids is 2. The van der Waals surface area contributed by atoms with Crippen LogP contribution < -0.4 is 5.32 Å². The molecule has 0 aliphatic heterocycles. The molecule has 0 aromatic heterocycles. The first-order valence-corrected chi connectivity index (χ1v) is 6.41. The van der Waals surface area contributed by atoms with Gasteiger partial charge in [0.2, 0.25) is 0 Å². The third kappa shape index (κ3) is 5.89. The minimum Gasteiger partial charge on any atom is -0.443 e. The highest BCUT2D eigenvalue weighted by Gasteiger charge is 2.27. The third-order valence-corrected chi connectivity index (χ3v) is 3.26. The summed E-state index contributed by atoms with van der Waals surface area (Å²) in [5.41, 5.74) is -1.15. The Morgan fingerprint density at radius 2 is 1.33 bits per heavy atom. The highest BCUT2D eigenvalue weighted by molar-refractivity contribution is 5.87. The monoisotopic (exact) mass is 259 g/mol. The molecule has 0 fully saturated rings. The maximum atomic E-state index is 11.5. The van der Waals surface area contributed by atoms with Gasteiger partial charge in [-0.3, -0.25) is 0 Å². The maximum absolute atomic E-state index is 11.5. The molecule has 0 aliphatic rings. The van der Waals surface area contributed by atoms with Crippen molar-refractivity contribution in [1.29, 1.82) is 0 Å². The van der Waals surface area contributed by atoms with Gasteiger partial charge in [-0.05, 0) is 40.0 Å². The smallest absolute Gasteiger partial charge is 0.417 e. The Hall–Kier alpha value is -1.26. The van der Waals surface area contributed by atoms with Gasteiger partial charge >= 0.3 is 12.2 Å². The minimum absolute atomic E-state index is 0.551. The largest absolute Gasteiger partial charge is 0.443 e. The van der Waals surface area contributed by atoms with Crippen molar-refractivity contribution in [3.63, 3.8) is 0 Å². The summed E-state index contributed by atoms with van der Waals surface area (Å²) in [5.74, 6) is 0. The first-order valence-electron chi connectivity index (χ1n) is 6.41. The number of carbonyl (C=O) groups is 2. The minimum atomic E-state index is -0.776. The molecule has 0 spiro atoms. The van der Waals surface area contributed by atoms with Crippen LogP contribution in [0, 0.1) is 0 Å². The van der Waals surface area contributed by atoms with Gasteiger partial charge in [-0.15, -0.1) is 0 Å². The van der Waals surface area contributed by atoms with Crippen LogP contribution in [0.4, 0.5) is 9.59 Å². The second-order valence-corrected chi connectivity index (χ2v) is 5.17. The summed E-state index contributed by atoms with van der Waals surface area (Å²) in [4.78, 5) is 23.0. The van der Waals surface area contributed by atoms with Gasteiger partial charge < -0.3 is 9.47 Å². The van der Waals surface area contributed by atoms with Crippen LogP contribution in [0.5, 0.6) is 0 Å². The van der Waals surface area contributed by atoms with Crippen LogP contribution in [0.25, 0.3) is 0 Å². The van der Waals surface area contributed by atoms with Crippen molar-refractivity contribution in [2.75, 3.05) is 0 Å². The van der Waals surface area contributed by atoms with Crippen molar-refractivity contribution < 1.29 is 19.1 Å². The molecule has 0 saturated heterocycles. The van der Waals surface area contributed by atoms with Crippen molar-refractivity contribution in [3.05, 3.63) is 0 Å². The molecule has 0 rings (SSSR count). The van der Waals surface area contributed by atoms with Crippen molar-refractivity contribution in [1.82, 2.24) is 5.32 Å². The van der Waals surface area contributed by atoms with E-state index in [0.29, 0.717) is 19.3 Å². The predicted octanol–water partition coefficient (Wildman–Crippen LogP) is 3.62. The number of ether oxygens (including phenoxy) is 2. The van der Waals surface area contributed by atoms with Gasteiger partial charge in [-0.2, -0.15) is 0 Å². The number of imide groups is 1. The number of hydrogen-bond acceptors (Lipinski definition) is 4. The Balaban J connectivity index is 4.29. The second kappa shape index (κ2) is 6.61. The van der Waals surface area contributed by atoms with Gasteiger partial charge in [0.05, 0.1) is 0 Å². The zero-order valence-electron chi connectivity index (χ0n) is 12.3. The van der Waals surface area contributed by atoms with Gasteiger partial charge in [0.15, 0.2) is 0 Å². The molecule has 0 unspecified atom stereocenters. The van der Waals surface area contributed by atoms with Crippen molar-refractivity contribution >= 4 is 12.2 Å². The molecule has 0 atom stereocenters. The van der Waals surface area contributed by atoms with Gasteiger partial charge in [0, 0.05) is 0 Å². The summed E-state index contributed by atoms with van der Waals surface area (Å²) >= 11 is 0. The zero-order valence-corrected chi connectivity index (χ0v) is 12.3. The molecule has 1 N–H and O–H groups in total. The Kier molecular flexibility index (Phi) is 6.15. The van der Waals surface area contributed by atoms with E-state index in [2.05, 4.69) is 5.32 Å². The van der Waals surface area contributed by atoms with Crippen LogP contribution in [0.3, 0.4) is 0 Å². The first-order chi connectivity index (χ1) is 8.18. The molecule has 0 aliphatic carbocycles. The fraction of sp³-hybridized carbons (Fsp3) is 0.846. The summed E-state index contributed by atoms with van der Waals surface area (Å²) < 4.78 is 10.3. The molecule has 0 bridgehead atoms. The highest BCUT2D eigenvalue weighted by atomic mass is 16.6. The highest BCUT2D eigenvalue weighted by Crippen LogP contribution is 2.19. The molecule has 0 aromatic carbocycles. The average molecular weight is 259 g/mol. The fourth-order valence-electron chi connectivity index (χ4n) is 1.08. The molecule has 5 heteroatoms. The Labute approximate surface area is 109 Å². The van der Waals surface area contributed by atoms with E-state index in [4.69, 9.17) is 9.47 Å². The van der Waals surface area contributed by atoms with Crippen LogP contribution in [0.1, 0.15) is 60.8 Å². The fourth-order valence-corrected chi connectivity index (χ4v) is 1.08. The third-order valence-electron chi connectivity index (χ3n) is 3.26. The van der Waals surface area contributed by atoms with E-state index in [0.717, 1.165) is 0 Å². The second-order valence-electron chi connectivity index (χ2n) is 5.17. The molecule has 106 valence electrons. The van der Waals surface area contributed by atoms with Crippen molar-refractivity contribution in [3.8, 4) is 0 Å². The van der Waals surface area contributed by atoms with E-state index in [1.807, 2.05) is 27.7 Å². The number of rotatable bonds is 5. The quantitative estimate of drug-likeness (QED) is 0.819. The molecular weight excluding hydrogens is 234 g/mol. The first kappa shape index (κ1) is 16.7. The molecule has 5 nitrogen and oxygen atoms in total. The normalized spacial score (nSPS) is 11.9. The standard InChI is InChI=1S/C13H25NO4/c1-7-12(4,5)17-10(15)14-11(16)18-13(6,8-2)9-3/h7-9H2,1-6H3,(H,14,15,16). The van der Waals surface area contributed by atoms with E-state index in [9.17, 15) is 9.59 Å². The van der Waals surface area contributed by atoms with Crippen LogP contribution >= 0.6 is 0 Å². The zero-order chi connectivity index (χ0) is 14.4. The van der Waals surface area contributed by atoms with Crippen LogP contribution in [0.15, 0.2) is 0 Å². The molecule has 0 aromatic rings. The Morgan fingerprint density at radius 1 is 0.889 bits per heavy atom. The lowest BCUT2D eigenvalue weighted by Gasteiger charge is -2.27. The summed E-state index contributed by atoms with van der Waals surface area (Å²) in [6, 6.07) is 0. The predicted molar refractivity (Wildman–Crippen MR) is 69.5 cm³/mol. The van der Waals surface area contributed by atoms with E-state index < -0.39 is 23.4 Å².